The highest BCUT2D eigenvalue weighted by atomic mass is 16.6. The summed E-state index contributed by atoms with van der Waals surface area (Å²) in [6, 6.07) is 0. The van der Waals surface area contributed by atoms with Gasteiger partial charge in [-0.15, -0.1) is 0 Å². The van der Waals surface area contributed by atoms with Crippen molar-refractivity contribution in [2.24, 2.45) is 0 Å². The fourth-order valence-corrected chi connectivity index (χ4v) is 4.91. The molecule has 0 atom stereocenters. The number of unbranched alkanes of at least 4 members (excludes halogenated alkanes) is 22. The molecule has 6 heteroatoms. The Balaban J connectivity index is 0. The average Bonchev–Trinajstić information content (AvgIpc) is 2.98. The van der Waals surface area contributed by atoms with Crippen molar-refractivity contribution in [1.82, 2.24) is 0 Å². The minimum atomic E-state index is -0.132. The second-order valence-corrected chi connectivity index (χ2v) is 11.6. The summed E-state index contributed by atoms with van der Waals surface area (Å²) in [5.74, 6) is -0.169. The van der Waals surface area contributed by atoms with E-state index in [1.165, 1.54) is 135 Å². The maximum atomic E-state index is 11.5. The summed E-state index contributed by atoms with van der Waals surface area (Å²) < 4.78 is 15.0. The highest BCUT2D eigenvalue weighted by molar-refractivity contribution is 5.69. The molecule has 0 spiro atoms. The smallest absolute Gasteiger partial charge is 0.305 e. The lowest BCUT2D eigenvalue weighted by Crippen LogP contribution is -2.11. The maximum absolute atomic E-state index is 11.5. The molecule has 6 nitrogen and oxygen atoms in total. The molecule has 0 radical (unpaired) electrons. The van der Waals surface area contributed by atoms with E-state index in [4.69, 9.17) is 19.3 Å². The van der Waals surface area contributed by atoms with Gasteiger partial charge in [-0.3, -0.25) is 9.59 Å². The number of hydrogen-bond donors (Lipinski definition) is 1. The van der Waals surface area contributed by atoms with E-state index < -0.39 is 0 Å². The quantitative estimate of drug-likeness (QED) is 0.0611. The van der Waals surface area contributed by atoms with Crippen LogP contribution in [0.15, 0.2) is 0 Å². The Labute approximate surface area is 261 Å². The van der Waals surface area contributed by atoms with Gasteiger partial charge in [0.15, 0.2) is 0 Å². The molecule has 0 aliphatic rings. The van der Waals surface area contributed by atoms with Crippen LogP contribution in [0.1, 0.15) is 188 Å². The van der Waals surface area contributed by atoms with E-state index in [2.05, 4.69) is 13.8 Å². The Hall–Kier alpha value is -1.14. The topological polar surface area (TPSA) is 82.1 Å². The van der Waals surface area contributed by atoms with E-state index in [0.717, 1.165) is 19.3 Å². The van der Waals surface area contributed by atoms with Gasteiger partial charge in [-0.05, 0) is 19.8 Å². The monoisotopic (exact) mass is 601 g/mol. The number of aliphatic hydroxyl groups is 1. The zero-order valence-corrected chi connectivity index (χ0v) is 28.4. The highest BCUT2D eigenvalue weighted by Gasteiger charge is 2.03. The molecule has 0 aromatic heterocycles. The fourth-order valence-electron chi connectivity index (χ4n) is 4.91. The van der Waals surface area contributed by atoms with Crippen LogP contribution in [0.25, 0.3) is 0 Å². The lowest BCUT2D eigenvalue weighted by atomic mass is 10.0. The molecular formula is C36H72O6. The Morgan fingerprint density at radius 3 is 1.10 bits per heavy atom. The van der Waals surface area contributed by atoms with E-state index in [9.17, 15) is 9.59 Å². The standard InChI is InChI=1S/C22H44O4.C14H28O2/c1-2-3-4-5-6-7-8-9-10-11-12-13-14-15-16-17-22(24)26-21-20-25-19-18-23;1-3-5-6-7-8-9-10-11-12-13-14(15)16-4-2/h23H,2-21H2,1H3;3-13H2,1-2H3. The Morgan fingerprint density at radius 1 is 0.429 bits per heavy atom. The molecular weight excluding hydrogens is 528 g/mol. The van der Waals surface area contributed by atoms with Crippen LogP contribution < -0.4 is 0 Å². The number of carbonyl (C=O) groups excluding carboxylic acids is 2. The Morgan fingerprint density at radius 2 is 0.762 bits per heavy atom. The molecule has 42 heavy (non-hydrogen) atoms. The van der Waals surface area contributed by atoms with Gasteiger partial charge in [0, 0.05) is 12.8 Å². The van der Waals surface area contributed by atoms with Crippen LogP contribution in [0.3, 0.4) is 0 Å². The lowest BCUT2D eigenvalue weighted by molar-refractivity contribution is -0.145. The van der Waals surface area contributed by atoms with Gasteiger partial charge in [-0.1, -0.05) is 155 Å². The molecule has 1 N–H and O–H groups in total. The van der Waals surface area contributed by atoms with Gasteiger partial charge >= 0.3 is 11.9 Å². The molecule has 0 heterocycles. The predicted octanol–water partition coefficient (Wildman–Crippen LogP) is 10.3. The molecule has 0 bridgehead atoms. The van der Waals surface area contributed by atoms with Crippen LogP contribution in [-0.4, -0.2) is 50.1 Å². The summed E-state index contributed by atoms with van der Waals surface area (Å²) in [5.41, 5.74) is 0. The molecule has 0 aliphatic carbocycles. The van der Waals surface area contributed by atoms with Crippen molar-refractivity contribution in [2.75, 3.05) is 33.0 Å². The zero-order valence-electron chi connectivity index (χ0n) is 28.4. The van der Waals surface area contributed by atoms with E-state index in [1.807, 2.05) is 6.92 Å². The van der Waals surface area contributed by atoms with Crippen LogP contribution in [0, 0.1) is 0 Å². The first kappa shape index (κ1) is 43.0. The van der Waals surface area contributed by atoms with Crippen molar-refractivity contribution < 1.29 is 28.9 Å². The lowest BCUT2D eigenvalue weighted by Gasteiger charge is -2.05. The summed E-state index contributed by atoms with van der Waals surface area (Å²) in [6.07, 6.45) is 32.6. The fraction of sp³-hybridized carbons (Fsp3) is 0.944. The van der Waals surface area contributed by atoms with Gasteiger partial charge in [-0.2, -0.15) is 0 Å². The van der Waals surface area contributed by atoms with Crippen LogP contribution in [0.5, 0.6) is 0 Å². The second-order valence-electron chi connectivity index (χ2n) is 11.6. The number of hydrogen-bond acceptors (Lipinski definition) is 6. The van der Waals surface area contributed by atoms with Crippen molar-refractivity contribution in [1.29, 1.82) is 0 Å². The van der Waals surface area contributed by atoms with Gasteiger partial charge in [0.25, 0.3) is 0 Å². The van der Waals surface area contributed by atoms with E-state index >= 15 is 0 Å². The summed E-state index contributed by atoms with van der Waals surface area (Å²) in [5, 5.41) is 8.54. The van der Waals surface area contributed by atoms with Crippen LogP contribution >= 0.6 is 0 Å². The molecule has 0 aromatic rings. The number of carbonyl (C=O) groups is 2. The number of esters is 2. The summed E-state index contributed by atoms with van der Waals surface area (Å²) in [6.45, 7) is 7.85. The van der Waals surface area contributed by atoms with Crippen LogP contribution in [0.2, 0.25) is 0 Å². The third kappa shape index (κ3) is 41.0. The van der Waals surface area contributed by atoms with Crippen molar-refractivity contribution in [3.05, 3.63) is 0 Å². The van der Waals surface area contributed by atoms with Gasteiger partial charge < -0.3 is 19.3 Å². The SMILES string of the molecule is CCCCCCCCCCCC(=O)OCC.CCCCCCCCCCCCCCCCCC(=O)OCCOCCO. The third-order valence-corrected chi connectivity index (χ3v) is 7.50. The van der Waals surface area contributed by atoms with E-state index in [1.54, 1.807) is 0 Å². The minimum absolute atomic E-state index is 0.00702. The zero-order chi connectivity index (χ0) is 31.2. The van der Waals surface area contributed by atoms with Crippen molar-refractivity contribution >= 4 is 11.9 Å². The van der Waals surface area contributed by atoms with Crippen LogP contribution in [-0.2, 0) is 23.8 Å². The predicted molar refractivity (Wildman–Crippen MR) is 177 cm³/mol. The highest BCUT2D eigenvalue weighted by Crippen LogP contribution is 2.14. The van der Waals surface area contributed by atoms with Crippen molar-refractivity contribution in [3.8, 4) is 0 Å². The van der Waals surface area contributed by atoms with E-state index in [-0.39, 0.29) is 25.2 Å². The molecule has 0 aliphatic heterocycles. The molecule has 0 rings (SSSR count). The molecule has 0 saturated heterocycles. The number of ether oxygens (including phenoxy) is 3. The largest absolute Gasteiger partial charge is 0.466 e. The summed E-state index contributed by atoms with van der Waals surface area (Å²) in [4.78, 5) is 22.5. The first-order valence-electron chi connectivity index (χ1n) is 18.1. The van der Waals surface area contributed by atoms with Gasteiger partial charge in [0.2, 0.25) is 0 Å². The second kappa shape index (κ2) is 39.9. The van der Waals surface area contributed by atoms with Crippen molar-refractivity contribution in [3.63, 3.8) is 0 Å². The van der Waals surface area contributed by atoms with Gasteiger partial charge in [0.1, 0.15) is 6.61 Å². The number of rotatable bonds is 32. The number of aliphatic hydroxyl groups excluding tert-OH is 1. The van der Waals surface area contributed by atoms with Gasteiger partial charge in [-0.25, -0.2) is 0 Å². The third-order valence-electron chi connectivity index (χ3n) is 7.50. The summed E-state index contributed by atoms with van der Waals surface area (Å²) in [7, 11) is 0. The normalized spacial score (nSPS) is 10.8. The molecule has 0 unspecified atom stereocenters. The van der Waals surface area contributed by atoms with Crippen molar-refractivity contribution in [2.45, 2.75) is 188 Å². The molecule has 0 aromatic carbocycles. The minimum Gasteiger partial charge on any atom is -0.466 e. The molecule has 0 saturated carbocycles. The average molecular weight is 601 g/mol. The Kier molecular flexibility index (Phi) is 40.8. The Bertz CT molecular complexity index is 525. The first-order valence-corrected chi connectivity index (χ1v) is 18.1. The van der Waals surface area contributed by atoms with E-state index in [0.29, 0.717) is 32.7 Å². The van der Waals surface area contributed by atoms with Crippen LogP contribution in [0.4, 0.5) is 0 Å². The first-order chi connectivity index (χ1) is 20.6. The summed E-state index contributed by atoms with van der Waals surface area (Å²) >= 11 is 0. The van der Waals surface area contributed by atoms with Gasteiger partial charge in [0.05, 0.1) is 26.4 Å². The molecule has 0 fully saturated rings. The molecule has 252 valence electrons. The maximum Gasteiger partial charge on any atom is 0.305 e. The molecule has 0 amide bonds.